The average Bonchev–Trinajstić information content (AvgIpc) is 3.20. The second-order valence-electron chi connectivity index (χ2n) is 14.9. The van der Waals surface area contributed by atoms with E-state index in [1.165, 1.54) is 116 Å². The molecule has 0 aliphatic heterocycles. The fourth-order valence-corrected chi connectivity index (χ4v) is 6.79. The van der Waals surface area contributed by atoms with E-state index in [2.05, 4.69) is 62.5 Å². The molecule has 1 unspecified atom stereocenters. The summed E-state index contributed by atoms with van der Waals surface area (Å²) in [7, 11) is -4.40. The van der Waals surface area contributed by atoms with E-state index in [1.807, 2.05) is 12.2 Å². The van der Waals surface area contributed by atoms with Crippen molar-refractivity contribution in [2.45, 2.75) is 200 Å². The van der Waals surface area contributed by atoms with Crippen LogP contribution in [0.15, 0.2) is 60.8 Å². The van der Waals surface area contributed by atoms with Gasteiger partial charge in [0.25, 0.3) is 0 Å². The van der Waals surface area contributed by atoms with Crippen molar-refractivity contribution in [2.75, 3.05) is 26.4 Å². The van der Waals surface area contributed by atoms with Crippen LogP contribution < -0.4 is 5.73 Å². The van der Waals surface area contributed by atoms with Crippen molar-refractivity contribution in [2.24, 2.45) is 5.73 Å². The van der Waals surface area contributed by atoms with Gasteiger partial charge in [0.05, 0.1) is 13.2 Å². The van der Waals surface area contributed by atoms with Crippen LogP contribution in [0.3, 0.4) is 0 Å². The van der Waals surface area contributed by atoms with E-state index in [0.717, 1.165) is 44.9 Å². The molecule has 0 radical (unpaired) electrons. The van der Waals surface area contributed by atoms with Crippen LogP contribution in [0.4, 0.5) is 0 Å². The van der Waals surface area contributed by atoms with Gasteiger partial charge in [-0.05, 0) is 51.4 Å². The largest absolute Gasteiger partial charge is 0.472 e. The molecule has 0 rings (SSSR count). The number of nitrogens with two attached hydrogens (primary N) is 1. The van der Waals surface area contributed by atoms with Gasteiger partial charge < -0.3 is 20.1 Å². The minimum Gasteiger partial charge on any atom is -0.462 e. The highest BCUT2D eigenvalue weighted by molar-refractivity contribution is 7.47. The van der Waals surface area contributed by atoms with E-state index in [4.69, 9.17) is 24.3 Å². The molecule has 10 heteroatoms. The Morgan fingerprint density at radius 3 is 1.42 bits per heavy atom. The summed E-state index contributed by atoms with van der Waals surface area (Å²) in [5.74, 6) is -0.922. The molecule has 0 aromatic heterocycles. The van der Waals surface area contributed by atoms with Gasteiger partial charge in [-0.2, -0.15) is 0 Å². The third kappa shape index (κ3) is 43.1. The molecule has 0 amide bonds. The zero-order valence-electron chi connectivity index (χ0n) is 36.3. The third-order valence-corrected chi connectivity index (χ3v) is 10.4. The van der Waals surface area contributed by atoms with Crippen molar-refractivity contribution < 1.29 is 37.6 Å². The second kappa shape index (κ2) is 43.3. The van der Waals surface area contributed by atoms with Gasteiger partial charge in [-0.15, -0.1) is 0 Å². The van der Waals surface area contributed by atoms with Crippen LogP contribution in [0.25, 0.3) is 0 Å². The van der Waals surface area contributed by atoms with Crippen molar-refractivity contribution in [1.29, 1.82) is 0 Å². The van der Waals surface area contributed by atoms with Crippen LogP contribution in [0, 0.1) is 0 Å². The lowest BCUT2D eigenvalue weighted by atomic mass is 10.0. The number of ether oxygens (including phenoxy) is 2. The van der Waals surface area contributed by atoms with Crippen molar-refractivity contribution in [3.8, 4) is 0 Å². The molecule has 3 N–H and O–H groups in total. The van der Waals surface area contributed by atoms with Gasteiger partial charge in [0, 0.05) is 19.4 Å². The van der Waals surface area contributed by atoms with Crippen molar-refractivity contribution in [3.05, 3.63) is 60.8 Å². The molecule has 0 aliphatic carbocycles. The number of carbonyl (C=O) groups excluding carboxylic acids is 2. The quantitative estimate of drug-likeness (QED) is 0.0267. The van der Waals surface area contributed by atoms with Gasteiger partial charge in [-0.25, -0.2) is 4.57 Å². The van der Waals surface area contributed by atoms with Crippen molar-refractivity contribution >= 4 is 19.8 Å². The van der Waals surface area contributed by atoms with Gasteiger partial charge in [0.15, 0.2) is 6.10 Å². The predicted molar refractivity (Wildman–Crippen MR) is 238 cm³/mol. The number of allylic oxidation sites excluding steroid dienone is 10. The normalized spacial score (nSPS) is 13.8. The van der Waals surface area contributed by atoms with E-state index in [0.29, 0.717) is 6.42 Å². The Morgan fingerprint density at radius 2 is 0.947 bits per heavy atom. The molecule has 0 aromatic carbocycles. The first kappa shape index (κ1) is 54.7. The smallest absolute Gasteiger partial charge is 0.462 e. The van der Waals surface area contributed by atoms with E-state index < -0.39 is 32.5 Å². The average molecular weight is 822 g/mol. The van der Waals surface area contributed by atoms with E-state index in [9.17, 15) is 19.0 Å². The Bertz CT molecular complexity index is 1120. The number of phosphoric acid groups is 1. The van der Waals surface area contributed by atoms with E-state index in [1.54, 1.807) is 0 Å². The third-order valence-electron chi connectivity index (χ3n) is 9.42. The summed E-state index contributed by atoms with van der Waals surface area (Å²) >= 11 is 0. The molecule has 9 nitrogen and oxygen atoms in total. The molecule has 0 saturated carbocycles. The molecule has 57 heavy (non-hydrogen) atoms. The SMILES string of the molecule is CCCCCC=CCC=CCC=CCC=CCC=CCCC(=O)O[C@H](COC(=O)CCCCCCCCCCCCCCCCCCC)COP(=O)(O)OCCN. The van der Waals surface area contributed by atoms with E-state index in [-0.39, 0.29) is 32.6 Å². The highest BCUT2D eigenvalue weighted by atomic mass is 31.2. The maximum atomic E-state index is 12.6. The van der Waals surface area contributed by atoms with Gasteiger partial charge in [-0.3, -0.25) is 18.6 Å². The van der Waals surface area contributed by atoms with Crippen LogP contribution in [0.1, 0.15) is 194 Å². The predicted octanol–water partition coefficient (Wildman–Crippen LogP) is 13.3. The Morgan fingerprint density at radius 1 is 0.526 bits per heavy atom. The molecule has 0 saturated heterocycles. The first-order chi connectivity index (χ1) is 27.8. The number of esters is 2. The number of carbonyl (C=O) groups is 2. The molecular formula is C47H84NO8P. The number of hydrogen-bond acceptors (Lipinski definition) is 8. The molecule has 0 fully saturated rings. The van der Waals surface area contributed by atoms with Gasteiger partial charge in [0.1, 0.15) is 6.61 Å². The van der Waals surface area contributed by atoms with Crippen LogP contribution >= 0.6 is 7.82 Å². The van der Waals surface area contributed by atoms with Gasteiger partial charge in [0.2, 0.25) is 0 Å². The summed E-state index contributed by atoms with van der Waals surface area (Å²) in [6, 6.07) is 0. The second-order valence-corrected chi connectivity index (χ2v) is 16.4. The Kier molecular flexibility index (Phi) is 41.6. The Balaban J connectivity index is 4.24. The fourth-order valence-electron chi connectivity index (χ4n) is 6.03. The van der Waals surface area contributed by atoms with Crippen LogP contribution in [-0.4, -0.2) is 49.3 Å². The Hall–Kier alpha value is -2.29. The van der Waals surface area contributed by atoms with Gasteiger partial charge in [-0.1, -0.05) is 190 Å². The van der Waals surface area contributed by atoms with E-state index >= 15 is 0 Å². The highest BCUT2D eigenvalue weighted by Gasteiger charge is 2.25. The molecular weight excluding hydrogens is 737 g/mol. The summed E-state index contributed by atoms with van der Waals surface area (Å²) in [5.41, 5.74) is 5.35. The highest BCUT2D eigenvalue weighted by Crippen LogP contribution is 2.43. The number of phosphoric ester groups is 1. The summed E-state index contributed by atoms with van der Waals surface area (Å²) in [6.45, 7) is 3.63. The summed E-state index contributed by atoms with van der Waals surface area (Å²) in [4.78, 5) is 34.9. The molecule has 330 valence electrons. The van der Waals surface area contributed by atoms with Crippen molar-refractivity contribution in [1.82, 2.24) is 0 Å². The minimum absolute atomic E-state index is 0.0409. The molecule has 0 aliphatic rings. The zero-order valence-corrected chi connectivity index (χ0v) is 37.2. The lowest BCUT2D eigenvalue weighted by molar-refractivity contribution is -0.161. The number of unbranched alkanes of at least 4 members (excludes halogenated alkanes) is 19. The first-order valence-corrected chi connectivity index (χ1v) is 24.3. The Labute approximate surface area is 349 Å². The number of hydrogen-bond donors (Lipinski definition) is 2. The maximum absolute atomic E-state index is 12.6. The standard InChI is InChI=1S/C47H84NO8P/c1-3-5-7-9-11-13-15-17-19-21-22-24-26-28-30-32-34-36-38-40-47(50)56-45(44-55-57(51,52)54-42-41-48)43-53-46(49)39-37-35-33-31-29-27-25-23-20-18-16-14-12-10-8-6-4-2/h11,13,17,19,22,24,28,30,34,36,45H,3-10,12,14-16,18,20-21,23,25-27,29,31-33,35,37-44,48H2,1-2H3,(H,51,52)/t45-/m1/s1. The lowest BCUT2D eigenvalue weighted by Crippen LogP contribution is -2.29. The summed E-state index contributed by atoms with van der Waals surface area (Å²) in [6.07, 6.45) is 51.2. The molecule has 0 bridgehead atoms. The monoisotopic (exact) mass is 822 g/mol. The lowest BCUT2D eigenvalue weighted by Gasteiger charge is -2.19. The minimum atomic E-state index is -4.40. The van der Waals surface area contributed by atoms with Crippen LogP contribution in [-0.2, 0) is 32.7 Å². The maximum Gasteiger partial charge on any atom is 0.472 e. The van der Waals surface area contributed by atoms with Crippen LogP contribution in [0.5, 0.6) is 0 Å². The molecule has 0 aromatic rings. The first-order valence-electron chi connectivity index (χ1n) is 22.8. The van der Waals surface area contributed by atoms with Crippen LogP contribution in [0.2, 0.25) is 0 Å². The molecule has 0 spiro atoms. The van der Waals surface area contributed by atoms with Gasteiger partial charge >= 0.3 is 19.8 Å². The zero-order chi connectivity index (χ0) is 41.8. The molecule has 0 heterocycles. The topological polar surface area (TPSA) is 134 Å². The number of rotatable bonds is 42. The van der Waals surface area contributed by atoms with Crippen molar-refractivity contribution in [3.63, 3.8) is 0 Å². The fraction of sp³-hybridized carbons (Fsp3) is 0.745. The summed E-state index contributed by atoms with van der Waals surface area (Å²) in [5, 5.41) is 0. The molecule has 2 atom stereocenters. The summed E-state index contributed by atoms with van der Waals surface area (Å²) < 4.78 is 32.7.